The monoisotopic (exact) mass is 525 g/mol. The van der Waals surface area contributed by atoms with E-state index in [4.69, 9.17) is 18.9 Å². The van der Waals surface area contributed by atoms with Crippen LogP contribution in [0.25, 0.3) is 11.1 Å². The Kier molecular flexibility index (Phi) is 6.74. The van der Waals surface area contributed by atoms with E-state index in [2.05, 4.69) is 5.32 Å². The lowest BCUT2D eigenvalue weighted by molar-refractivity contribution is -0.119. The highest BCUT2D eigenvalue weighted by atomic mass is 127. The molecule has 1 amide bonds. The van der Waals surface area contributed by atoms with Crippen LogP contribution in [-0.4, -0.2) is 34.3 Å². The quantitative estimate of drug-likeness (QED) is 0.603. The van der Waals surface area contributed by atoms with Gasteiger partial charge < -0.3 is 24.3 Å². The van der Waals surface area contributed by atoms with Crippen LogP contribution >= 0.6 is 22.6 Å². The van der Waals surface area contributed by atoms with Crippen LogP contribution < -0.4 is 29.7 Å². The van der Waals surface area contributed by atoms with Gasteiger partial charge >= 0.3 is 0 Å². The largest absolute Gasteiger partial charge is 0.493 e. The van der Waals surface area contributed by atoms with Gasteiger partial charge in [-0.15, -0.1) is 0 Å². The van der Waals surface area contributed by atoms with Gasteiger partial charge in [0.15, 0.2) is 17.2 Å². The first kappa shape index (κ1) is 22.2. The van der Waals surface area contributed by atoms with E-state index < -0.39 is 0 Å². The van der Waals surface area contributed by atoms with Crippen molar-refractivity contribution in [3.8, 4) is 34.1 Å². The van der Waals surface area contributed by atoms with Crippen LogP contribution in [-0.2, 0) is 11.2 Å². The summed E-state index contributed by atoms with van der Waals surface area (Å²) < 4.78 is 22.7. The standard InChI is InChI=1S/C22H24INO6/c1-11(25)24-16-7-6-12-8-18(28-3)21(29-4)22(30-5)19(12)14-9-15(23)20(26)17(27-2)10-13(14)16/h8-10,16H,6-7H2,1-5H3,(H,24,25)/t16-/m0/s1. The van der Waals surface area contributed by atoms with E-state index in [-0.39, 0.29) is 23.1 Å². The van der Waals surface area contributed by atoms with Crippen molar-refractivity contribution in [3.63, 3.8) is 0 Å². The molecule has 1 N–H and O–H groups in total. The number of hydrogen-bond donors (Lipinski definition) is 1. The summed E-state index contributed by atoms with van der Waals surface area (Å²) in [6, 6.07) is 5.15. The Balaban J connectivity index is 2.48. The van der Waals surface area contributed by atoms with E-state index >= 15 is 0 Å². The maximum atomic E-state index is 12.8. The molecule has 2 aromatic carbocycles. The van der Waals surface area contributed by atoms with Gasteiger partial charge in [0.05, 0.1) is 38.1 Å². The van der Waals surface area contributed by atoms with Gasteiger partial charge in [-0.1, -0.05) is 0 Å². The van der Waals surface area contributed by atoms with Crippen molar-refractivity contribution in [2.75, 3.05) is 28.4 Å². The summed E-state index contributed by atoms with van der Waals surface area (Å²) in [5, 5.41) is 3.01. The fourth-order valence-corrected chi connectivity index (χ4v) is 4.46. The van der Waals surface area contributed by atoms with Crippen LogP contribution in [0.1, 0.15) is 30.5 Å². The number of carbonyl (C=O) groups excluding carboxylic acids is 1. The van der Waals surface area contributed by atoms with Crippen LogP contribution in [0.4, 0.5) is 0 Å². The number of halogens is 1. The van der Waals surface area contributed by atoms with Crippen molar-refractivity contribution >= 4 is 28.5 Å². The number of amides is 1. The molecule has 7 nitrogen and oxygen atoms in total. The molecule has 30 heavy (non-hydrogen) atoms. The normalized spacial score (nSPS) is 14.7. The third-order valence-corrected chi connectivity index (χ3v) is 5.97. The fourth-order valence-electron chi connectivity index (χ4n) is 3.88. The smallest absolute Gasteiger partial charge is 0.233 e. The molecule has 1 atom stereocenters. The van der Waals surface area contributed by atoms with Gasteiger partial charge in [-0.25, -0.2) is 0 Å². The Bertz CT molecular complexity index is 1050. The van der Waals surface area contributed by atoms with Gasteiger partial charge in [0.2, 0.25) is 17.1 Å². The zero-order valence-corrected chi connectivity index (χ0v) is 19.7. The number of carbonyl (C=O) groups is 1. The summed E-state index contributed by atoms with van der Waals surface area (Å²) in [7, 11) is 6.16. The maximum Gasteiger partial charge on any atom is 0.233 e. The highest BCUT2D eigenvalue weighted by Gasteiger charge is 2.30. The predicted molar refractivity (Wildman–Crippen MR) is 122 cm³/mol. The van der Waals surface area contributed by atoms with Gasteiger partial charge in [0.1, 0.15) is 0 Å². The summed E-state index contributed by atoms with van der Waals surface area (Å²) in [6.45, 7) is 1.48. The molecule has 0 aromatic heterocycles. The summed E-state index contributed by atoms with van der Waals surface area (Å²) in [5.74, 6) is 1.62. The van der Waals surface area contributed by atoms with Crippen LogP contribution in [0.15, 0.2) is 23.0 Å². The lowest BCUT2D eigenvalue weighted by atomic mass is 9.95. The molecular formula is C22H24INO6. The van der Waals surface area contributed by atoms with Gasteiger partial charge in [-0.05, 0) is 70.3 Å². The third-order valence-electron chi connectivity index (χ3n) is 5.17. The zero-order chi connectivity index (χ0) is 22.0. The second kappa shape index (κ2) is 9.11. The number of rotatable bonds is 5. The molecule has 0 aliphatic heterocycles. The molecular weight excluding hydrogens is 501 g/mol. The number of ether oxygens (including phenoxy) is 4. The highest BCUT2D eigenvalue weighted by molar-refractivity contribution is 14.1. The number of fused-ring (bicyclic) bond motifs is 3. The minimum Gasteiger partial charge on any atom is -0.493 e. The first-order valence-corrected chi connectivity index (χ1v) is 10.4. The molecule has 0 bridgehead atoms. The number of aryl methyl sites for hydroxylation is 1. The van der Waals surface area contributed by atoms with E-state index in [1.165, 1.54) is 14.0 Å². The van der Waals surface area contributed by atoms with Crippen molar-refractivity contribution in [3.05, 3.63) is 43.1 Å². The minimum atomic E-state index is -0.303. The zero-order valence-electron chi connectivity index (χ0n) is 17.6. The molecule has 0 unspecified atom stereocenters. The molecule has 0 heterocycles. The fraction of sp³-hybridized carbons (Fsp3) is 0.364. The Hall–Kier alpha value is -2.49. The Morgan fingerprint density at radius 1 is 1.00 bits per heavy atom. The van der Waals surface area contributed by atoms with Gasteiger partial charge in [0.25, 0.3) is 0 Å². The molecule has 160 valence electrons. The summed E-state index contributed by atoms with van der Waals surface area (Å²) in [5.41, 5.74) is 3.14. The molecule has 0 saturated heterocycles. The third kappa shape index (κ3) is 3.92. The van der Waals surface area contributed by atoms with Crippen LogP contribution in [0.5, 0.6) is 23.0 Å². The minimum absolute atomic E-state index is 0.151. The molecule has 0 saturated carbocycles. The van der Waals surface area contributed by atoms with E-state index in [9.17, 15) is 9.59 Å². The lowest BCUT2D eigenvalue weighted by Crippen LogP contribution is -2.26. The second-order valence-electron chi connectivity index (χ2n) is 6.87. The molecule has 0 fully saturated rings. The topological polar surface area (TPSA) is 83.1 Å². The first-order valence-electron chi connectivity index (χ1n) is 9.37. The Morgan fingerprint density at radius 2 is 1.67 bits per heavy atom. The van der Waals surface area contributed by atoms with Crippen LogP contribution in [0.2, 0.25) is 0 Å². The van der Waals surface area contributed by atoms with E-state index in [1.807, 2.05) is 34.7 Å². The molecule has 8 heteroatoms. The van der Waals surface area contributed by atoms with Crippen molar-refractivity contribution < 1.29 is 23.7 Å². The number of hydrogen-bond acceptors (Lipinski definition) is 6. The molecule has 1 aliphatic rings. The predicted octanol–water partition coefficient (Wildman–Crippen LogP) is 3.48. The molecule has 1 aliphatic carbocycles. The van der Waals surface area contributed by atoms with Gasteiger partial charge in [0, 0.05) is 12.5 Å². The van der Waals surface area contributed by atoms with Crippen LogP contribution in [0.3, 0.4) is 0 Å². The molecule has 2 aromatic rings. The number of methoxy groups -OCH3 is 4. The van der Waals surface area contributed by atoms with Crippen molar-refractivity contribution in [2.24, 2.45) is 0 Å². The number of nitrogens with one attached hydrogen (secondary N) is 1. The SMILES string of the molecule is COc1cc2c(c(OC)c1OC)-c1cc(I)c(=O)c(OC)cc1[C@@H](NC(C)=O)CC2. The number of benzene rings is 1. The van der Waals surface area contributed by atoms with Crippen molar-refractivity contribution in [2.45, 2.75) is 25.8 Å². The van der Waals surface area contributed by atoms with Crippen molar-refractivity contribution in [1.29, 1.82) is 0 Å². The van der Waals surface area contributed by atoms with E-state index in [1.54, 1.807) is 27.4 Å². The van der Waals surface area contributed by atoms with E-state index in [0.29, 0.717) is 33.7 Å². The lowest BCUT2D eigenvalue weighted by Gasteiger charge is -2.20. The summed E-state index contributed by atoms with van der Waals surface area (Å²) in [6.07, 6.45) is 1.30. The van der Waals surface area contributed by atoms with Crippen molar-refractivity contribution in [1.82, 2.24) is 5.32 Å². The summed E-state index contributed by atoms with van der Waals surface area (Å²) in [4.78, 5) is 24.7. The molecule has 0 spiro atoms. The van der Waals surface area contributed by atoms with E-state index in [0.717, 1.165) is 22.3 Å². The van der Waals surface area contributed by atoms with Gasteiger partial charge in [-0.3, -0.25) is 9.59 Å². The Morgan fingerprint density at radius 3 is 2.23 bits per heavy atom. The average Bonchev–Trinajstić information content (AvgIpc) is 2.94. The molecule has 3 rings (SSSR count). The maximum absolute atomic E-state index is 12.8. The highest BCUT2D eigenvalue weighted by Crippen LogP contribution is 2.50. The summed E-state index contributed by atoms with van der Waals surface area (Å²) >= 11 is 2.01. The Labute approximate surface area is 188 Å². The van der Waals surface area contributed by atoms with Gasteiger partial charge in [-0.2, -0.15) is 0 Å². The molecule has 0 radical (unpaired) electrons. The first-order chi connectivity index (χ1) is 14.4. The average molecular weight is 525 g/mol. The second-order valence-corrected chi connectivity index (χ2v) is 8.04. The van der Waals surface area contributed by atoms with Crippen LogP contribution in [0, 0.1) is 3.57 Å².